The normalized spacial score (nSPS) is 10.1. The molecule has 1 aromatic heterocycles. The molecule has 19 heavy (non-hydrogen) atoms. The van der Waals surface area contributed by atoms with Crippen LogP contribution in [0.4, 0.5) is 0 Å². The molecule has 0 aliphatic heterocycles. The molecule has 0 aliphatic carbocycles. The molecule has 0 saturated carbocycles. The van der Waals surface area contributed by atoms with Gasteiger partial charge in [0, 0.05) is 0 Å². The third-order valence-electron chi connectivity index (χ3n) is 2.64. The third kappa shape index (κ3) is 3.43. The Hall–Kier alpha value is -2.11. The third-order valence-corrected chi connectivity index (χ3v) is 2.64. The molecular weight excluding hydrogens is 250 g/mol. The number of aldehydes is 1. The number of aromatic amines is 1. The van der Waals surface area contributed by atoms with Crippen LogP contribution in [0.1, 0.15) is 46.0 Å². The summed E-state index contributed by atoms with van der Waals surface area (Å²) in [7, 11) is 0. The SMILES string of the molecule is CCOC(=O)Cc1c(C(=O)OCC)[nH]c(C=O)c1C. The van der Waals surface area contributed by atoms with Crippen LogP contribution in [-0.2, 0) is 20.7 Å². The van der Waals surface area contributed by atoms with Crippen LogP contribution >= 0.6 is 0 Å². The van der Waals surface area contributed by atoms with Crippen molar-refractivity contribution in [2.24, 2.45) is 0 Å². The first-order chi connectivity index (χ1) is 9.04. The van der Waals surface area contributed by atoms with E-state index in [0.29, 0.717) is 17.4 Å². The van der Waals surface area contributed by atoms with Crippen molar-refractivity contribution in [3.63, 3.8) is 0 Å². The second-order valence-corrected chi connectivity index (χ2v) is 3.84. The summed E-state index contributed by atoms with van der Waals surface area (Å²) in [6.07, 6.45) is 0.533. The lowest BCUT2D eigenvalue weighted by Crippen LogP contribution is -2.13. The summed E-state index contributed by atoms with van der Waals surface area (Å²) in [5.74, 6) is -1.04. The van der Waals surface area contributed by atoms with E-state index < -0.39 is 11.9 Å². The molecule has 0 radical (unpaired) electrons. The molecule has 1 N–H and O–H groups in total. The Morgan fingerprint density at radius 2 is 1.84 bits per heavy atom. The number of hydrogen-bond acceptors (Lipinski definition) is 5. The second kappa shape index (κ2) is 6.72. The van der Waals surface area contributed by atoms with Crippen molar-refractivity contribution in [3.05, 3.63) is 22.5 Å². The van der Waals surface area contributed by atoms with Gasteiger partial charge in [0.05, 0.1) is 25.3 Å². The summed E-state index contributed by atoms with van der Waals surface area (Å²) in [5.41, 5.74) is 1.40. The van der Waals surface area contributed by atoms with Crippen molar-refractivity contribution in [3.8, 4) is 0 Å². The molecule has 0 saturated heterocycles. The van der Waals surface area contributed by atoms with Gasteiger partial charge in [0.25, 0.3) is 0 Å². The highest BCUT2D eigenvalue weighted by Crippen LogP contribution is 2.19. The maximum absolute atomic E-state index is 11.8. The number of carbonyl (C=O) groups excluding carboxylic acids is 3. The molecular formula is C13H17NO5. The first-order valence-corrected chi connectivity index (χ1v) is 6.04. The van der Waals surface area contributed by atoms with Gasteiger partial charge in [-0.25, -0.2) is 4.79 Å². The molecule has 0 fully saturated rings. The Labute approximate surface area is 111 Å². The largest absolute Gasteiger partial charge is 0.466 e. The smallest absolute Gasteiger partial charge is 0.355 e. The maximum atomic E-state index is 11.8. The van der Waals surface area contributed by atoms with Crippen LogP contribution in [0.3, 0.4) is 0 Å². The Morgan fingerprint density at radius 3 is 2.37 bits per heavy atom. The van der Waals surface area contributed by atoms with E-state index in [2.05, 4.69) is 4.98 Å². The summed E-state index contributed by atoms with van der Waals surface area (Å²) in [5, 5.41) is 0. The van der Waals surface area contributed by atoms with E-state index in [0.717, 1.165) is 0 Å². The van der Waals surface area contributed by atoms with Gasteiger partial charge in [0.1, 0.15) is 5.69 Å². The lowest BCUT2D eigenvalue weighted by molar-refractivity contribution is -0.142. The fourth-order valence-corrected chi connectivity index (χ4v) is 1.73. The van der Waals surface area contributed by atoms with E-state index in [4.69, 9.17) is 9.47 Å². The Balaban J connectivity index is 3.11. The molecule has 104 valence electrons. The van der Waals surface area contributed by atoms with Gasteiger partial charge >= 0.3 is 11.9 Å². The van der Waals surface area contributed by atoms with Gasteiger partial charge < -0.3 is 14.5 Å². The van der Waals surface area contributed by atoms with Gasteiger partial charge in [-0.2, -0.15) is 0 Å². The van der Waals surface area contributed by atoms with Crippen LogP contribution in [0, 0.1) is 6.92 Å². The number of aromatic nitrogens is 1. The highest BCUT2D eigenvalue weighted by Gasteiger charge is 2.22. The van der Waals surface area contributed by atoms with E-state index >= 15 is 0 Å². The lowest BCUT2D eigenvalue weighted by Gasteiger charge is -2.05. The molecule has 6 heteroatoms. The van der Waals surface area contributed by atoms with Crippen molar-refractivity contribution in [2.45, 2.75) is 27.2 Å². The Bertz CT molecular complexity index is 489. The monoisotopic (exact) mass is 267 g/mol. The summed E-state index contributed by atoms with van der Waals surface area (Å²) < 4.78 is 9.73. The van der Waals surface area contributed by atoms with E-state index in [1.54, 1.807) is 20.8 Å². The average molecular weight is 267 g/mol. The first-order valence-electron chi connectivity index (χ1n) is 6.04. The fourth-order valence-electron chi connectivity index (χ4n) is 1.73. The number of esters is 2. The molecule has 0 amide bonds. The zero-order chi connectivity index (χ0) is 14.4. The summed E-state index contributed by atoms with van der Waals surface area (Å²) in [6.45, 7) is 5.52. The number of H-pyrrole nitrogens is 1. The molecule has 0 bridgehead atoms. The van der Waals surface area contributed by atoms with Crippen LogP contribution in [0.5, 0.6) is 0 Å². The van der Waals surface area contributed by atoms with Crippen molar-refractivity contribution < 1.29 is 23.9 Å². The topological polar surface area (TPSA) is 85.5 Å². The number of hydrogen-bond donors (Lipinski definition) is 1. The number of carbonyl (C=O) groups is 3. The van der Waals surface area contributed by atoms with Crippen LogP contribution < -0.4 is 0 Å². The zero-order valence-electron chi connectivity index (χ0n) is 11.2. The van der Waals surface area contributed by atoms with Crippen LogP contribution in [-0.4, -0.2) is 36.4 Å². The standard InChI is InChI=1S/C13H17NO5/c1-4-18-11(16)6-9-8(3)10(7-15)14-12(9)13(17)19-5-2/h7,14H,4-6H2,1-3H3. The maximum Gasteiger partial charge on any atom is 0.355 e. The van der Waals surface area contributed by atoms with Gasteiger partial charge in [-0.3, -0.25) is 9.59 Å². The van der Waals surface area contributed by atoms with Crippen LogP contribution in [0.25, 0.3) is 0 Å². The predicted octanol–water partition coefficient (Wildman–Crippen LogP) is 1.42. The van der Waals surface area contributed by atoms with Gasteiger partial charge in [0.15, 0.2) is 6.29 Å². The first kappa shape index (κ1) is 14.9. The van der Waals surface area contributed by atoms with Crippen LogP contribution in [0.15, 0.2) is 0 Å². The molecule has 6 nitrogen and oxygen atoms in total. The molecule has 0 aromatic carbocycles. The van der Waals surface area contributed by atoms with E-state index in [1.807, 2.05) is 0 Å². The minimum atomic E-state index is -0.585. The molecule has 1 rings (SSSR count). The number of rotatable bonds is 6. The predicted molar refractivity (Wildman–Crippen MR) is 67.2 cm³/mol. The molecule has 1 heterocycles. The molecule has 0 aliphatic rings. The zero-order valence-corrected chi connectivity index (χ0v) is 11.2. The second-order valence-electron chi connectivity index (χ2n) is 3.84. The van der Waals surface area contributed by atoms with Gasteiger partial charge in [-0.05, 0) is 31.9 Å². The lowest BCUT2D eigenvalue weighted by atomic mass is 10.1. The van der Waals surface area contributed by atoms with Crippen molar-refractivity contribution >= 4 is 18.2 Å². The molecule has 0 spiro atoms. The molecule has 0 atom stereocenters. The van der Waals surface area contributed by atoms with E-state index in [1.165, 1.54) is 0 Å². The van der Waals surface area contributed by atoms with Gasteiger partial charge in [-0.15, -0.1) is 0 Å². The Morgan fingerprint density at radius 1 is 1.21 bits per heavy atom. The van der Waals surface area contributed by atoms with E-state index in [-0.39, 0.29) is 31.0 Å². The average Bonchev–Trinajstić information content (AvgIpc) is 2.67. The van der Waals surface area contributed by atoms with Crippen molar-refractivity contribution in [2.75, 3.05) is 13.2 Å². The van der Waals surface area contributed by atoms with Crippen LogP contribution in [0.2, 0.25) is 0 Å². The summed E-state index contributed by atoms with van der Waals surface area (Å²) in [6, 6.07) is 0. The number of ether oxygens (including phenoxy) is 2. The molecule has 1 aromatic rings. The van der Waals surface area contributed by atoms with E-state index in [9.17, 15) is 14.4 Å². The quantitative estimate of drug-likeness (QED) is 0.622. The highest BCUT2D eigenvalue weighted by atomic mass is 16.5. The summed E-state index contributed by atoms with van der Waals surface area (Å²) in [4.78, 5) is 36.8. The molecule has 0 unspecified atom stereocenters. The van der Waals surface area contributed by atoms with Crippen molar-refractivity contribution in [1.29, 1.82) is 0 Å². The minimum absolute atomic E-state index is 0.0713. The van der Waals surface area contributed by atoms with Crippen molar-refractivity contribution in [1.82, 2.24) is 4.98 Å². The minimum Gasteiger partial charge on any atom is -0.466 e. The fraction of sp³-hybridized carbons (Fsp3) is 0.462. The summed E-state index contributed by atoms with van der Waals surface area (Å²) >= 11 is 0. The Kier molecular flexibility index (Phi) is 5.29. The highest BCUT2D eigenvalue weighted by molar-refractivity contribution is 5.94. The number of nitrogens with one attached hydrogen (secondary N) is 1. The van der Waals surface area contributed by atoms with Gasteiger partial charge in [-0.1, -0.05) is 0 Å². The van der Waals surface area contributed by atoms with Gasteiger partial charge in [0.2, 0.25) is 0 Å².